The van der Waals surface area contributed by atoms with Gasteiger partial charge in [-0.1, -0.05) is 6.92 Å². The fourth-order valence-corrected chi connectivity index (χ4v) is 2.57. The first-order valence-corrected chi connectivity index (χ1v) is 7.20. The van der Waals surface area contributed by atoms with Gasteiger partial charge in [0.05, 0.1) is 0 Å². The monoisotopic (exact) mass is 254 g/mol. The lowest BCUT2D eigenvalue weighted by molar-refractivity contribution is 0.143. The molecule has 0 radical (unpaired) electrons. The van der Waals surface area contributed by atoms with E-state index in [9.17, 15) is 0 Å². The van der Waals surface area contributed by atoms with Crippen molar-refractivity contribution in [1.82, 2.24) is 0 Å². The van der Waals surface area contributed by atoms with Gasteiger partial charge in [-0.3, -0.25) is 0 Å². The van der Waals surface area contributed by atoms with Crippen LogP contribution in [0.1, 0.15) is 20.3 Å². The van der Waals surface area contributed by atoms with Crippen LogP contribution < -0.4 is 16.2 Å². The lowest BCUT2D eigenvalue weighted by Gasteiger charge is -2.29. The van der Waals surface area contributed by atoms with Gasteiger partial charge in [-0.2, -0.15) is 0 Å². The van der Waals surface area contributed by atoms with Gasteiger partial charge in [-0.25, -0.2) is 0 Å². The molecule has 4 nitrogen and oxygen atoms in total. The molecule has 0 amide bonds. The Morgan fingerprint density at radius 3 is 2.47 bits per heavy atom. The van der Waals surface area contributed by atoms with E-state index in [4.69, 9.17) is 20.6 Å². The third kappa shape index (κ3) is 4.76. The standard InChI is InChI=1S/C12H22N2O2Si/c1-3-12(2,17-15-9-8-13)16-11-6-4-10(14)5-7-11/h4-7H,3,8-9,13-14,17H2,1-2H3. The zero-order valence-electron chi connectivity index (χ0n) is 10.6. The number of hydrogen-bond donors (Lipinski definition) is 2. The van der Waals surface area contributed by atoms with Crippen LogP contribution in [0.3, 0.4) is 0 Å². The van der Waals surface area contributed by atoms with Crippen molar-refractivity contribution in [1.29, 1.82) is 0 Å². The Labute approximate surface area is 105 Å². The largest absolute Gasteiger partial charge is 0.489 e. The van der Waals surface area contributed by atoms with Gasteiger partial charge in [0, 0.05) is 18.8 Å². The first kappa shape index (κ1) is 14.0. The quantitative estimate of drug-likeness (QED) is 0.429. The molecule has 0 spiro atoms. The summed E-state index contributed by atoms with van der Waals surface area (Å²) in [5, 5.41) is -0.189. The van der Waals surface area contributed by atoms with Crippen molar-refractivity contribution in [2.75, 3.05) is 18.9 Å². The maximum absolute atomic E-state index is 5.99. The van der Waals surface area contributed by atoms with E-state index in [1.54, 1.807) is 0 Å². The van der Waals surface area contributed by atoms with Crippen molar-refractivity contribution in [2.24, 2.45) is 5.73 Å². The highest BCUT2D eigenvalue weighted by molar-refractivity contribution is 6.31. The topological polar surface area (TPSA) is 70.5 Å². The van der Waals surface area contributed by atoms with E-state index in [0.29, 0.717) is 13.2 Å². The highest BCUT2D eigenvalue weighted by atomic mass is 28.2. The zero-order valence-corrected chi connectivity index (χ0v) is 12.0. The summed E-state index contributed by atoms with van der Waals surface area (Å²) >= 11 is 0. The predicted molar refractivity (Wildman–Crippen MR) is 73.7 cm³/mol. The molecule has 0 aromatic heterocycles. The van der Waals surface area contributed by atoms with Crippen molar-refractivity contribution in [3.63, 3.8) is 0 Å². The predicted octanol–water partition coefficient (Wildman–Crippen LogP) is 0.833. The minimum absolute atomic E-state index is 0.189. The smallest absolute Gasteiger partial charge is 0.208 e. The Balaban J connectivity index is 2.58. The molecule has 4 N–H and O–H groups in total. The average molecular weight is 254 g/mol. The van der Waals surface area contributed by atoms with Crippen LogP contribution in [0.5, 0.6) is 5.75 Å². The molecule has 1 aromatic carbocycles. The van der Waals surface area contributed by atoms with E-state index >= 15 is 0 Å². The van der Waals surface area contributed by atoms with Gasteiger partial charge >= 0.3 is 0 Å². The second-order valence-electron chi connectivity index (χ2n) is 4.32. The van der Waals surface area contributed by atoms with E-state index in [2.05, 4.69) is 13.8 Å². The zero-order chi connectivity index (χ0) is 12.7. The van der Waals surface area contributed by atoms with Gasteiger partial charge in [-0.15, -0.1) is 0 Å². The Bertz CT molecular complexity index is 332. The van der Waals surface area contributed by atoms with E-state index in [0.717, 1.165) is 17.9 Å². The maximum atomic E-state index is 5.99. The number of hydrogen-bond acceptors (Lipinski definition) is 4. The molecular weight excluding hydrogens is 232 g/mol. The minimum atomic E-state index is -0.769. The number of rotatable bonds is 7. The number of nitrogen functional groups attached to an aromatic ring is 1. The van der Waals surface area contributed by atoms with Crippen LogP contribution in [0.25, 0.3) is 0 Å². The third-order valence-electron chi connectivity index (χ3n) is 2.66. The SMILES string of the molecule is CCC(C)(Oc1ccc(N)cc1)[SiH2]OCCN. The van der Waals surface area contributed by atoms with Crippen LogP contribution in [-0.2, 0) is 4.43 Å². The second-order valence-corrected chi connectivity index (χ2v) is 6.51. The highest BCUT2D eigenvalue weighted by Gasteiger charge is 2.25. The molecule has 0 saturated carbocycles. The van der Waals surface area contributed by atoms with Gasteiger partial charge < -0.3 is 20.6 Å². The molecule has 0 aliphatic rings. The van der Waals surface area contributed by atoms with E-state index in [1.807, 2.05) is 24.3 Å². The van der Waals surface area contributed by atoms with Crippen molar-refractivity contribution in [3.8, 4) is 5.75 Å². The Morgan fingerprint density at radius 2 is 1.94 bits per heavy atom. The molecule has 0 aliphatic heterocycles. The maximum Gasteiger partial charge on any atom is 0.208 e. The van der Waals surface area contributed by atoms with Crippen molar-refractivity contribution < 1.29 is 9.16 Å². The number of ether oxygens (including phenoxy) is 1. The third-order valence-corrected chi connectivity index (χ3v) is 4.41. The summed E-state index contributed by atoms with van der Waals surface area (Å²) in [6, 6.07) is 7.46. The molecule has 1 aromatic rings. The molecule has 0 heterocycles. The van der Waals surface area contributed by atoms with E-state index in [-0.39, 0.29) is 5.22 Å². The van der Waals surface area contributed by atoms with Crippen LogP contribution in [0, 0.1) is 0 Å². The summed E-state index contributed by atoms with van der Waals surface area (Å²) in [5.41, 5.74) is 11.8. The molecule has 5 heteroatoms. The van der Waals surface area contributed by atoms with Crippen molar-refractivity contribution in [3.05, 3.63) is 24.3 Å². The lowest BCUT2D eigenvalue weighted by atomic mass is 10.3. The summed E-state index contributed by atoms with van der Waals surface area (Å²) in [7, 11) is -0.769. The molecule has 1 atom stereocenters. The van der Waals surface area contributed by atoms with Gasteiger partial charge in [0.2, 0.25) is 9.76 Å². The van der Waals surface area contributed by atoms with Gasteiger partial charge in [0.1, 0.15) is 11.0 Å². The number of benzene rings is 1. The molecule has 1 unspecified atom stereocenters. The Morgan fingerprint density at radius 1 is 1.29 bits per heavy atom. The number of nitrogens with two attached hydrogens (primary N) is 2. The second kappa shape index (κ2) is 6.63. The van der Waals surface area contributed by atoms with Crippen LogP contribution in [0.15, 0.2) is 24.3 Å². The minimum Gasteiger partial charge on any atom is -0.489 e. The molecule has 96 valence electrons. The lowest BCUT2D eigenvalue weighted by Crippen LogP contribution is -2.40. The van der Waals surface area contributed by atoms with E-state index < -0.39 is 9.76 Å². The van der Waals surface area contributed by atoms with Gasteiger partial charge in [0.15, 0.2) is 0 Å². The summed E-state index contributed by atoms with van der Waals surface area (Å²) in [6.45, 7) is 5.38. The molecule has 1 rings (SSSR count). The highest BCUT2D eigenvalue weighted by Crippen LogP contribution is 2.21. The average Bonchev–Trinajstić information content (AvgIpc) is 2.33. The molecule has 0 aliphatic carbocycles. The Hall–Kier alpha value is -1.04. The molecular formula is C12H22N2O2Si. The summed E-state index contributed by atoms with van der Waals surface area (Å²) in [6.07, 6.45) is 0.925. The normalized spacial score (nSPS) is 15.0. The summed E-state index contributed by atoms with van der Waals surface area (Å²) in [4.78, 5) is 0. The molecule has 17 heavy (non-hydrogen) atoms. The van der Waals surface area contributed by atoms with Crippen molar-refractivity contribution in [2.45, 2.75) is 25.5 Å². The van der Waals surface area contributed by atoms with Crippen molar-refractivity contribution >= 4 is 15.5 Å². The summed E-state index contributed by atoms with van der Waals surface area (Å²) in [5.74, 6) is 0.840. The van der Waals surface area contributed by atoms with Crippen LogP contribution in [0.4, 0.5) is 5.69 Å². The van der Waals surface area contributed by atoms with E-state index in [1.165, 1.54) is 0 Å². The molecule has 0 saturated heterocycles. The van der Waals surface area contributed by atoms with Crippen LogP contribution >= 0.6 is 0 Å². The fraction of sp³-hybridized carbons (Fsp3) is 0.500. The Kier molecular flexibility index (Phi) is 5.47. The fourth-order valence-electron chi connectivity index (χ4n) is 1.40. The number of anilines is 1. The first-order valence-electron chi connectivity index (χ1n) is 5.92. The molecule has 0 fully saturated rings. The van der Waals surface area contributed by atoms with Crippen LogP contribution in [-0.4, -0.2) is 28.1 Å². The van der Waals surface area contributed by atoms with Gasteiger partial charge in [-0.05, 0) is 37.6 Å². The summed E-state index contributed by atoms with van der Waals surface area (Å²) < 4.78 is 11.6. The molecule has 0 bridgehead atoms. The van der Waals surface area contributed by atoms with Gasteiger partial charge in [0.25, 0.3) is 0 Å². The van der Waals surface area contributed by atoms with Crippen LogP contribution in [0.2, 0.25) is 0 Å². The first-order chi connectivity index (χ1) is 8.09.